The van der Waals surface area contributed by atoms with Gasteiger partial charge in [0.1, 0.15) is 5.82 Å². The van der Waals surface area contributed by atoms with Gasteiger partial charge in [-0.05, 0) is 55.3 Å². The minimum atomic E-state index is -3.79. The number of imidazole rings is 1. The van der Waals surface area contributed by atoms with Crippen LogP contribution in [0.2, 0.25) is 0 Å². The first kappa shape index (κ1) is 22.5. The second-order valence-corrected chi connectivity index (χ2v) is 9.60. The van der Waals surface area contributed by atoms with Crippen molar-refractivity contribution in [2.24, 2.45) is 5.14 Å². The van der Waals surface area contributed by atoms with E-state index < -0.39 is 10.0 Å². The fourth-order valence-electron chi connectivity index (χ4n) is 3.08. The molecule has 0 bridgehead atoms. The van der Waals surface area contributed by atoms with Crippen molar-refractivity contribution in [1.29, 1.82) is 0 Å². The predicted octanol–water partition coefficient (Wildman–Crippen LogP) is 4.38. The predicted molar refractivity (Wildman–Crippen MR) is 117 cm³/mol. The largest absolute Gasteiger partial charge is 0.319 e. The number of aromatic nitrogens is 2. The molecule has 0 aliphatic rings. The molecule has 30 heavy (non-hydrogen) atoms. The van der Waals surface area contributed by atoms with Crippen molar-refractivity contribution in [1.82, 2.24) is 9.55 Å². The highest BCUT2D eigenvalue weighted by atomic mass is 32.2. The lowest BCUT2D eigenvalue weighted by molar-refractivity contribution is 0.0982. The van der Waals surface area contributed by atoms with Crippen molar-refractivity contribution in [3.05, 3.63) is 53.8 Å². The Kier molecular flexibility index (Phi) is 7.27. The van der Waals surface area contributed by atoms with Gasteiger partial charge in [-0.2, -0.15) is 0 Å². The highest BCUT2D eigenvalue weighted by Crippen LogP contribution is 2.27. The van der Waals surface area contributed by atoms with Gasteiger partial charge in [-0.15, -0.1) is 0 Å². The zero-order chi connectivity index (χ0) is 21.7. The van der Waals surface area contributed by atoms with E-state index in [1.54, 1.807) is 6.07 Å². The molecule has 0 atom stereocenters. The normalized spacial score (nSPS) is 11.8. The van der Waals surface area contributed by atoms with Crippen LogP contribution in [0.15, 0.2) is 52.5 Å². The minimum Gasteiger partial charge on any atom is -0.319 e. The van der Waals surface area contributed by atoms with E-state index in [1.807, 2.05) is 0 Å². The van der Waals surface area contributed by atoms with Crippen molar-refractivity contribution in [3.8, 4) is 0 Å². The van der Waals surface area contributed by atoms with Gasteiger partial charge in [0, 0.05) is 24.3 Å². The summed E-state index contributed by atoms with van der Waals surface area (Å²) in [6, 6.07) is 10.3. The Morgan fingerprint density at radius 2 is 1.90 bits per heavy atom. The Morgan fingerprint density at radius 1 is 1.17 bits per heavy atom. The second kappa shape index (κ2) is 9.72. The number of primary sulfonamides is 1. The molecular formula is C21H24FN3O3S2. The van der Waals surface area contributed by atoms with Gasteiger partial charge >= 0.3 is 0 Å². The Bertz CT molecular complexity index is 1140. The van der Waals surface area contributed by atoms with Crippen LogP contribution in [0.5, 0.6) is 0 Å². The fraction of sp³-hybridized carbons (Fsp3) is 0.333. The Morgan fingerprint density at radius 3 is 2.57 bits per heavy atom. The molecule has 0 saturated carbocycles. The van der Waals surface area contributed by atoms with Gasteiger partial charge in [-0.1, -0.05) is 25.1 Å². The molecule has 9 heteroatoms. The molecule has 0 spiro atoms. The molecule has 0 fully saturated rings. The quantitative estimate of drug-likeness (QED) is 0.282. The van der Waals surface area contributed by atoms with Crippen molar-refractivity contribution in [2.45, 2.75) is 49.2 Å². The van der Waals surface area contributed by atoms with E-state index in [2.05, 4.69) is 16.5 Å². The number of fused-ring (bicyclic) bond motifs is 1. The topological polar surface area (TPSA) is 95.0 Å². The molecule has 160 valence electrons. The van der Waals surface area contributed by atoms with Crippen LogP contribution in [-0.2, 0) is 16.6 Å². The molecule has 0 aliphatic heterocycles. The van der Waals surface area contributed by atoms with Crippen molar-refractivity contribution < 1.29 is 17.6 Å². The van der Waals surface area contributed by atoms with E-state index in [-0.39, 0.29) is 16.5 Å². The summed E-state index contributed by atoms with van der Waals surface area (Å²) in [5.41, 5.74) is 1.95. The van der Waals surface area contributed by atoms with Crippen LogP contribution < -0.4 is 5.14 Å². The fourth-order valence-corrected chi connectivity index (χ4v) is 4.60. The molecule has 3 aromatic rings. The smallest absolute Gasteiger partial charge is 0.238 e. The summed E-state index contributed by atoms with van der Waals surface area (Å²) < 4.78 is 38.3. The molecule has 3 rings (SSSR count). The van der Waals surface area contributed by atoms with Crippen LogP contribution in [0.3, 0.4) is 0 Å². The molecule has 2 aromatic carbocycles. The molecule has 0 unspecified atom stereocenters. The number of unbranched alkanes of at least 4 members (excludes halogenated alkanes) is 1. The molecule has 0 radical (unpaired) electrons. The third kappa shape index (κ3) is 5.47. The van der Waals surface area contributed by atoms with E-state index in [0.29, 0.717) is 29.7 Å². The van der Waals surface area contributed by atoms with E-state index in [1.165, 1.54) is 48.2 Å². The maximum Gasteiger partial charge on any atom is 0.238 e. The number of nitrogens with zero attached hydrogens (tertiary/aromatic N) is 2. The SMILES string of the molecule is CCCCn1c(SCCCC(=O)c2ccc(F)cc2)nc2cc(S(N)(=O)=O)ccc21. The first-order valence-electron chi connectivity index (χ1n) is 9.74. The summed E-state index contributed by atoms with van der Waals surface area (Å²) in [7, 11) is -3.79. The van der Waals surface area contributed by atoms with Gasteiger partial charge in [-0.25, -0.2) is 22.9 Å². The summed E-state index contributed by atoms with van der Waals surface area (Å²) in [5, 5.41) is 6.03. The van der Waals surface area contributed by atoms with Gasteiger partial charge in [0.15, 0.2) is 10.9 Å². The van der Waals surface area contributed by atoms with E-state index in [9.17, 15) is 17.6 Å². The van der Waals surface area contributed by atoms with Crippen molar-refractivity contribution in [3.63, 3.8) is 0 Å². The summed E-state index contributed by atoms with van der Waals surface area (Å²) in [5.74, 6) is 0.302. The molecule has 2 N–H and O–H groups in total. The van der Waals surface area contributed by atoms with Crippen LogP contribution in [-0.4, -0.2) is 29.5 Å². The zero-order valence-electron chi connectivity index (χ0n) is 16.7. The standard InChI is InChI=1S/C21H24FN3O3S2/c1-2-3-12-25-19-11-10-17(30(23,27)28)14-18(19)24-21(25)29-13-4-5-20(26)15-6-8-16(22)9-7-15/h6-11,14H,2-5,12-13H2,1H3,(H2,23,27,28). The van der Waals surface area contributed by atoms with E-state index >= 15 is 0 Å². The maximum absolute atomic E-state index is 13.0. The third-order valence-corrected chi connectivity index (χ3v) is 6.67. The van der Waals surface area contributed by atoms with Gasteiger partial charge < -0.3 is 4.57 Å². The van der Waals surface area contributed by atoms with Gasteiger partial charge in [0.25, 0.3) is 0 Å². The molecule has 0 saturated heterocycles. The molecule has 1 heterocycles. The maximum atomic E-state index is 13.0. The molecular weight excluding hydrogens is 425 g/mol. The number of rotatable bonds is 10. The number of carbonyl (C=O) groups is 1. The summed E-state index contributed by atoms with van der Waals surface area (Å²) in [4.78, 5) is 16.9. The number of nitrogens with two attached hydrogens (primary N) is 1. The lowest BCUT2D eigenvalue weighted by Crippen LogP contribution is -2.11. The average molecular weight is 450 g/mol. The van der Waals surface area contributed by atoms with Gasteiger partial charge in [0.2, 0.25) is 10.0 Å². The Labute approximate surface area is 179 Å². The average Bonchev–Trinajstić information content (AvgIpc) is 3.06. The molecule has 1 aromatic heterocycles. The number of Topliss-reactive ketones (excluding diaryl/α,β-unsaturated/α-hetero) is 1. The Balaban J connectivity index is 1.70. The van der Waals surface area contributed by atoms with Crippen molar-refractivity contribution in [2.75, 3.05) is 5.75 Å². The number of ketones is 1. The third-order valence-electron chi connectivity index (χ3n) is 4.69. The lowest BCUT2D eigenvalue weighted by Gasteiger charge is -2.08. The van der Waals surface area contributed by atoms with Crippen LogP contribution in [0.1, 0.15) is 43.0 Å². The zero-order valence-corrected chi connectivity index (χ0v) is 18.3. The van der Waals surface area contributed by atoms with Gasteiger partial charge in [-0.3, -0.25) is 4.79 Å². The number of halogens is 1. The second-order valence-electron chi connectivity index (χ2n) is 6.98. The molecule has 0 aliphatic carbocycles. The number of thioether (sulfide) groups is 1. The lowest BCUT2D eigenvalue weighted by atomic mass is 10.1. The first-order valence-corrected chi connectivity index (χ1v) is 12.3. The summed E-state index contributed by atoms with van der Waals surface area (Å²) in [6.07, 6.45) is 3.01. The number of hydrogen-bond donors (Lipinski definition) is 1. The number of carbonyl (C=O) groups excluding carboxylic acids is 1. The highest BCUT2D eigenvalue weighted by molar-refractivity contribution is 7.99. The van der Waals surface area contributed by atoms with Crippen LogP contribution in [0.25, 0.3) is 11.0 Å². The number of hydrogen-bond acceptors (Lipinski definition) is 5. The molecule has 0 amide bonds. The van der Waals surface area contributed by atoms with Crippen molar-refractivity contribution >= 4 is 38.6 Å². The summed E-state index contributed by atoms with van der Waals surface area (Å²) in [6.45, 7) is 2.88. The first-order chi connectivity index (χ1) is 14.3. The number of sulfonamides is 1. The molecule has 6 nitrogen and oxygen atoms in total. The number of aryl methyl sites for hydroxylation is 1. The highest BCUT2D eigenvalue weighted by Gasteiger charge is 2.15. The van der Waals surface area contributed by atoms with E-state index in [4.69, 9.17) is 5.14 Å². The van der Waals surface area contributed by atoms with Crippen LogP contribution in [0.4, 0.5) is 4.39 Å². The minimum absolute atomic E-state index is 0.0205. The van der Waals surface area contributed by atoms with E-state index in [0.717, 1.165) is 30.1 Å². The van der Waals surface area contributed by atoms with Crippen LogP contribution >= 0.6 is 11.8 Å². The monoisotopic (exact) mass is 449 g/mol. The number of benzene rings is 2. The van der Waals surface area contributed by atoms with Crippen LogP contribution in [0, 0.1) is 5.82 Å². The Hall–Kier alpha value is -2.23. The summed E-state index contributed by atoms with van der Waals surface area (Å²) >= 11 is 1.54. The van der Waals surface area contributed by atoms with Gasteiger partial charge in [0.05, 0.1) is 15.9 Å².